The molecule has 2 aromatic heterocycles. The SMILES string of the molecule is Cn1nccc1CCNC(=O)c1ccc(CN)cn1. The number of pyridine rings is 1. The normalized spacial score (nSPS) is 10.4. The van der Waals surface area contributed by atoms with Crippen molar-refractivity contribution >= 4 is 5.91 Å². The molecule has 0 aliphatic rings. The molecule has 2 heterocycles. The molecule has 100 valence electrons. The molecule has 0 aromatic carbocycles. The predicted molar refractivity (Wildman–Crippen MR) is 71.4 cm³/mol. The van der Waals surface area contributed by atoms with E-state index in [0.29, 0.717) is 18.8 Å². The van der Waals surface area contributed by atoms with Crippen LogP contribution in [-0.2, 0) is 20.0 Å². The number of hydrogen-bond acceptors (Lipinski definition) is 4. The van der Waals surface area contributed by atoms with Gasteiger partial charge in [-0.1, -0.05) is 6.07 Å². The van der Waals surface area contributed by atoms with E-state index in [4.69, 9.17) is 5.73 Å². The molecule has 2 aromatic rings. The second-order valence-corrected chi connectivity index (χ2v) is 4.21. The Bertz CT molecular complexity index is 546. The molecular weight excluding hydrogens is 242 g/mol. The van der Waals surface area contributed by atoms with Gasteiger partial charge in [-0.2, -0.15) is 5.10 Å². The number of aryl methyl sites for hydroxylation is 1. The molecule has 6 nitrogen and oxygen atoms in total. The average Bonchev–Trinajstić information content (AvgIpc) is 2.84. The summed E-state index contributed by atoms with van der Waals surface area (Å²) in [5, 5.41) is 6.90. The first-order chi connectivity index (χ1) is 9.20. The fraction of sp³-hybridized carbons (Fsp3) is 0.308. The van der Waals surface area contributed by atoms with E-state index < -0.39 is 0 Å². The van der Waals surface area contributed by atoms with E-state index in [1.54, 1.807) is 23.1 Å². The third-order valence-electron chi connectivity index (χ3n) is 2.88. The highest BCUT2D eigenvalue weighted by molar-refractivity contribution is 5.92. The number of carbonyl (C=O) groups excluding carboxylic acids is 1. The zero-order chi connectivity index (χ0) is 13.7. The van der Waals surface area contributed by atoms with Gasteiger partial charge in [0, 0.05) is 44.6 Å². The first-order valence-electron chi connectivity index (χ1n) is 6.11. The van der Waals surface area contributed by atoms with E-state index in [1.807, 2.05) is 19.2 Å². The summed E-state index contributed by atoms with van der Waals surface area (Å²) in [7, 11) is 1.88. The zero-order valence-electron chi connectivity index (χ0n) is 10.8. The minimum absolute atomic E-state index is 0.175. The fourth-order valence-corrected chi connectivity index (χ4v) is 1.72. The maximum Gasteiger partial charge on any atom is 0.269 e. The molecule has 2 rings (SSSR count). The number of hydrogen-bond donors (Lipinski definition) is 2. The lowest BCUT2D eigenvalue weighted by Crippen LogP contribution is -2.27. The number of nitrogens with two attached hydrogens (primary N) is 1. The van der Waals surface area contributed by atoms with Crippen molar-refractivity contribution in [3.8, 4) is 0 Å². The number of nitrogens with zero attached hydrogens (tertiary/aromatic N) is 3. The minimum Gasteiger partial charge on any atom is -0.350 e. The number of amides is 1. The maximum atomic E-state index is 11.8. The summed E-state index contributed by atoms with van der Waals surface area (Å²) in [5.74, 6) is -0.175. The van der Waals surface area contributed by atoms with Gasteiger partial charge in [0.05, 0.1) is 0 Å². The summed E-state index contributed by atoms with van der Waals surface area (Å²) in [6, 6.07) is 5.42. The van der Waals surface area contributed by atoms with Crippen LogP contribution in [0.2, 0.25) is 0 Å². The Morgan fingerprint density at radius 1 is 1.42 bits per heavy atom. The molecule has 0 atom stereocenters. The van der Waals surface area contributed by atoms with E-state index in [1.165, 1.54) is 0 Å². The van der Waals surface area contributed by atoms with Crippen LogP contribution in [0.25, 0.3) is 0 Å². The number of aromatic nitrogens is 3. The van der Waals surface area contributed by atoms with Gasteiger partial charge in [0.2, 0.25) is 0 Å². The van der Waals surface area contributed by atoms with Gasteiger partial charge in [0.25, 0.3) is 5.91 Å². The minimum atomic E-state index is -0.175. The van der Waals surface area contributed by atoms with Crippen LogP contribution in [0.5, 0.6) is 0 Å². The van der Waals surface area contributed by atoms with E-state index in [2.05, 4.69) is 15.4 Å². The first kappa shape index (κ1) is 13.2. The zero-order valence-corrected chi connectivity index (χ0v) is 10.8. The third kappa shape index (κ3) is 3.38. The highest BCUT2D eigenvalue weighted by Crippen LogP contribution is 2.00. The number of rotatable bonds is 5. The van der Waals surface area contributed by atoms with Crippen LogP contribution in [0, 0.1) is 0 Å². The Hall–Kier alpha value is -2.21. The van der Waals surface area contributed by atoms with Crippen LogP contribution in [0.4, 0.5) is 0 Å². The monoisotopic (exact) mass is 259 g/mol. The molecule has 0 saturated carbocycles. The van der Waals surface area contributed by atoms with Gasteiger partial charge in [-0.25, -0.2) is 0 Å². The molecule has 0 aliphatic heterocycles. The first-order valence-corrected chi connectivity index (χ1v) is 6.11. The van der Waals surface area contributed by atoms with Gasteiger partial charge in [-0.3, -0.25) is 14.5 Å². The molecule has 0 aliphatic carbocycles. The molecule has 0 radical (unpaired) electrons. The summed E-state index contributed by atoms with van der Waals surface area (Å²) >= 11 is 0. The van der Waals surface area contributed by atoms with Crippen LogP contribution >= 0.6 is 0 Å². The lowest BCUT2D eigenvalue weighted by atomic mass is 10.2. The van der Waals surface area contributed by atoms with Crippen LogP contribution in [0.15, 0.2) is 30.6 Å². The summed E-state index contributed by atoms with van der Waals surface area (Å²) < 4.78 is 1.79. The highest BCUT2D eigenvalue weighted by atomic mass is 16.1. The van der Waals surface area contributed by atoms with Crippen LogP contribution < -0.4 is 11.1 Å². The largest absolute Gasteiger partial charge is 0.350 e. The second-order valence-electron chi connectivity index (χ2n) is 4.21. The maximum absolute atomic E-state index is 11.8. The van der Waals surface area contributed by atoms with Gasteiger partial charge in [-0.15, -0.1) is 0 Å². The smallest absolute Gasteiger partial charge is 0.269 e. The molecule has 3 N–H and O–H groups in total. The Balaban J connectivity index is 1.85. The number of nitrogens with one attached hydrogen (secondary N) is 1. The van der Waals surface area contributed by atoms with Crippen molar-refractivity contribution in [1.82, 2.24) is 20.1 Å². The van der Waals surface area contributed by atoms with E-state index in [-0.39, 0.29) is 5.91 Å². The Morgan fingerprint density at radius 2 is 2.26 bits per heavy atom. The van der Waals surface area contributed by atoms with Crippen molar-refractivity contribution in [2.24, 2.45) is 12.8 Å². The van der Waals surface area contributed by atoms with Crippen molar-refractivity contribution in [2.45, 2.75) is 13.0 Å². The summed E-state index contributed by atoms with van der Waals surface area (Å²) in [5.41, 5.74) is 7.87. The lowest BCUT2D eigenvalue weighted by Gasteiger charge is -2.05. The van der Waals surface area contributed by atoms with Gasteiger partial charge >= 0.3 is 0 Å². The second kappa shape index (κ2) is 6.10. The number of carbonyl (C=O) groups is 1. The molecule has 0 saturated heterocycles. The Labute approximate surface area is 111 Å². The third-order valence-corrected chi connectivity index (χ3v) is 2.88. The molecular formula is C13H17N5O. The van der Waals surface area contributed by atoms with Crippen molar-refractivity contribution in [1.29, 1.82) is 0 Å². The quantitative estimate of drug-likeness (QED) is 0.805. The van der Waals surface area contributed by atoms with E-state index in [9.17, 15) is 4.79 Å². The predicted octanol–water partition coefficient (Wildman–Crippen LogP) is 0.246. The van der Waals surface area contributed by atoms with Gasteiger partial charge < -0.3 is 11.1 Å². The molecule has 0 spiro atoms. The van der Waals surface area contributed by atoms with Crippen LogP contribution in [-0.4, -0.2) is 27.2 Å². The topological polar surface area (TPSA) is 85.8 Å². The summed E-state index contributed by atoms with van der Waals surface area (Å²) in [4.78, 5) is 15.9. The summed E-state index contributed by atoms with van der Waals surface area (Å²) in [6.45, 7) is 0.980. The van der Waals surface area contributed by atoms with E-state index in [0.717, 1.165) is 17.7 Å². The van der Waals surface area contributed by atoms with Gasteiger partial charge in [0.15, 0.2) is 0 Å². The van der Waals surface area contributed by atoms with Gasteiger partial charge in [-0.05, 0) is 17.7 Å². The van der Waals surface area contributed by atoms with Crippen molar-refractivity contribution in [2.75, 3.05) is 6.54 Å². The molecule has 6 heteroatoms. The van der Waals surface area contributed by atoms with Crippen LogP contribution in [0.3, 0.4) is 0 Å². The Kier molecular flexibility index (Phi) is 4.25. The van der Waals surface area contributed by atoms with E-state index >= 15 is 0 Å². The molecule has 0 unspecified atom stereocenters. The molecule has 1 amide bonds. The average molecular weight is 259 g/mol. The van der Waals surface area contributed by atoms with Crippen LogP contribution in [0.1, 0.15) is 21.7 Å². The molecule has 0 bridgehead atoms. The lowest BCUT2D eigenvalue weighted by molar-refractivity contribution is 0.0949. The van der Waals surface area contributed by atoms with Crippen molar-refractivity contribution < 1.29 is 4.79 Å². The molecule has 0 fully saturated rings. The fourth-order valence-electron chi connectivity index (χ4n) is 1.72. The highest BCUT2D eigenvalue weighted by Gasteiger charge is 2.06. The Morgan fingerprint density at radius 3 is 2.84 bits per heavy atom. The van der Waals surface area contributed by atoms with Crippen molar-refractivity contribution in [3.63, 3.8) is 0 Å². The van der Waals surface area contributed by atoms with Crippen molar-refractivity contribution in [3.05, 3.63) is 47.5 Å². The standard InChI is InChI=1S/C13H17N5O/c1-18-11(5-7-17-18)4-6-15-13(19)12-3-2-10(8-14)9-16-12/h2-3,5,7,9H,4,6,8,14H2,1H3,(H,15,19). The molecule has 19 heavy (non-hydrogen) atoms. The van der Waals surface area contributed by atoms with Gasteiger partial charge in [0.1, 0.15) is 5.69 Å². The summed E-state index contributed by atoms with van der Waals surface area (Å²) in [6.07, 6.45) is 4.10.